The number of rotatable bonds is 1. The number of oxazole rings is 1. The molecule has 0 bridgehead atoms. The third-order valence-electron chi connectivity index (χ3n) is 2.47. The van der Waals surface area contributed by atoms with E-state index in [-0.39, 0.29) is 0 Å². The lowest BCUT2D eigenvalue weighted by Crippen LogP contribution is -1.77. The fraction of sp³-hybridized carbons (Fsp3) is 0. The van der Waals surface area contributed by atoms with E-state index in [1.807, 2.05) is 36.4 Å². The third kappa shape index (κ3) is 1.85. The molecular formula is C13H7BrClNO. The van der Waals surface area contributed by atoms with Crippen molar-refractivity contribution >= 4 is 38.6 Å². The van der Waals surface area contributed by atoms with E-state index in [1.165, 1.54) is 0 Å². The molecule has 0 spiro atoms. The summed E-state index contributed by atoms with van der Waals surface area (Å²) in [7, 11) is 0. The molecule has 3 aromatic rings. The van der Waals surface area contributed by atoms with Crippen molar-refractivity contribution in [2.24, 2.45) is 0 Å². The zero-order valence-electron chi connectivity index (χ0n) is 8.65. The SMILES string of the molecule is Clc1cccc2nc(-c3ccccc3Br)oc12. The second-order valence-electron chi connectivity index (χ2n) is 3.59. The van der Waals surface area contributed by atoms with Crippen LogP contribution in [0.2, 0.25) is 5.02 Å². The van der Waals surface area contributed by atoms with Crippen LogP contribution in [-0.2, 0) is 0 Å². The van der Waals surface area contributed by atoms with Gasteiger partial charge >= 0.3 is 0 Å². The van der Waals surface area contributed by atoms with Crippen LogP contribution in [0.4, 0.5) is 0 Å². The lowest BCUT2D eigenvalue weighted by Gasteiger charge is -1.97. The van der Waals surface area contributed by atoms with Gasteiger partial charge in [-0.1, -0.05) is 29.8 Å². The summed E-state index contributed by atoms with van der Waals surface area (Å²) in [4.78, 5) is 4.42. The van der Waals surface area contributed by atoms with Crippen molar-refractivity contribution in [1.82, 2.24) is 4.98 Å². The number of benzene rings is 2. The highest BCUT2D eigenvalue weighted by molar-refractivity contribution is 9.10. The zero-order valence-corrected chi connectivity index (χ0v) is 11.0. The number of hydrogen-bond donors (Lipinski definition) is 0. The summed E-state index contributed by atoms with van der Waals surface area (Å²) in [6, 6.07) is 13.3. The molecule has 0 saturated carbocycles. The van der Waals surface area contributed by atoms with Crippen LogP contribution in [0.5, 0.6) is 0 Å². The van der Waals surface area contributed by atoms with E-state index < -0.39 is 0 Å². The van der Waals surface area contributed by atoms with Crippen LogP contribution in [-0.4, -0.2) is 4.98 Å². The molecule has 0 aliphatic rings. The van der Waals surface area contributed by atoms with Crippen LogP contribution in [0, 0.1) is 0 Å². The second kappa shape index (κ2) is 4.17. The van der Waals surface area contributed by atoms with E-state index in [1.54, 1.807) is 6.07 Å². The molecule has 0 N–H and O–H groups in total. The van der Waals surface area contributed by atoms with E-state index in [0.29, 0.717) is 16.5 Å². The normalized spacial score (nSPS) is 10.9. The topological polar surface area (TPSA) is 26.0 Å². The molecular weight excluding hydrogens is 302 g/mol. The van der Waals surface area contributed by atoms with E-state index in [0.717, 1.165) is 15.6 Å². The summed E-state index contributed by atoms with van der Waals surface area (Å²) >= 11 is 9.53. The van der Waals surface area contributed by atoms with Gasteiger partial charge in [-0.15, -0.1) is 0 Å². The first kappa shape index (κ1) is 10.8. The van der Waals surface area contributed by atoms with Crippen molar-refractivity contribution in [1.29, 1.82) is 0 Å². The number of nitrogens with zero attached hydrogens (tertiary/aromatic N) is 1. The minimum absolute atomic E-state index is 0.570. The molecule has 84 valence electrons. The second-order valence-corrected chi connectivity index (χ2v) is 4.85. The van der Waals surface area contributed by atoms with E-state index in [2.05, 4.69) is 20.9 Å². The molecule has 0 unspecified atom stereocenters. The van der Waals surface area contributed by atoms with Gasteiger partial charge in [0.05, 0.1) is 10.6 Å². The Morgan fingerprint density at radius 3 is 2.65 bits per heavy atom. The number of hydrogen-bond acceptors (Lipinski definition) is 2. The van der Waals surface area contributed by atoms with Crippen LogP contribution in [0.1, 0.15) is 0 Å². The van der Waals surface area contributed by atoms with Crippen LogP contribution in [0.3, 0.4) is 0 Å². The minimum Gasteiger partial charge on any atom is -0.434 e. The van der Waals surface area contributed by atoms with Crippen molar-refractivity contribution < 1.29 is 4.42 Å². The largest absolute Gasteiger partial charge is 0.434 e. The first-order valence-corrected chi connectivity index (χ1v) is 6.23. The highest BCUT2D eigenvalue weighted by atomic mass is 79.9. The zero-order chi connectivity index (χ0) is 11.8. The molecule has 0 amide bonds. The van der Waals surface area contributed by atoms with Gasteiger partial charge in [0, 0.05) is 4.47 Å². The van der Waals surface area contributed by atoms with Crippen molar-refractivity contribution in [3.8, 4) is 11.5 Å². The Bertz CT molecular complexity index is 693. The van der Waals surface area contributed by atoms with Gasteiger partial charge in [0.2, 0.25) is 5.89 Å². The number of para-hydroxylation sites is 1. The maximum atomic E-state index is 6.05. The van der Waals surface area contributed by atoms with Crippen molar-refractivity contribution in [3.05, 3.63) is 52.0 Å². The third-order valence-corrected chi connectivity index (χ3v) is 3.46. The molecule has 0 radical (unpaired) electrons. The molecule has 0 fully saturated rings. The predicted molar refractivity (Wildman–Crippen MR) is 72.2 cm³/mol. The van der Waals surface area contributed by atoms with E-state index >= 15 is 0 Å². The quantitative estimate of drug-likeness (QED) is 0.638. The molecule has 0 atom stereocenters. The fourth-order valence-corrected chi connectivity index (χ4v) is 2.33. The number of aromatic nitrogens is 1. The Balaban J connectivity index is 2.26. The molecule has 2 aromatic carbocycles. The molecule has 17 heavy (non-hydrogen) atoms. The van der Waals surface area contributed by atoms with Crippen molar-refractivity contribution in [2.45, 2.75) is 0 Å². The average Bonchev–Trinajstić information content (AvgIpc) is 2.75. The first-order chi connectivity index (χ1) is 8.25. The summed E-state index contributed by atoms with van der Waals surface area (Å²) in [5.74, 6) is 0.570. The summed E-state index contributed by atoms with van der Waals surface area (Å²) < 4.78 is 6.64. The van der Waals surface area contributed by atoms with Gasteiger partial charge in [-0.3, -0.25) is 0 Å². The fourth-order valence-electron chi connectivity index (χ4n) is 1.67. The van der Waals surface area contributed by atoms with Gasteiger partial charge in [0.15, 0.2) is 5.58 Å². The van der Waals surface area contributed by atoms with Crippen LogP contribution >= 0.6 is 27.5 Å². The molecule has 1 aromatic heterocycles. The maximum Gasteiger partial charge on any atom is 0.228 e. The van der Waals surface area contributed by atoms with Gasteiger partial charge < -0.3 is 4.42 Å². The van der Waals surface area contributed by atoms with Gasteiger partial charge in [0.1, 0.15) is 5.52 Å². The summed E-state index contributed by atoms with van der Waals surface area (Å²) in [6.45, 7) is 0. The molecule has 4 heteroatoms. The lowest BCUT2D eigenvalue weighted by molar-refractivity contribution is 0.619. The molecule has 0 aliphatic carbocycles. The van der Waals surface area contributed by atoms with E-state index in [9.17, 15) is 0 Å². The molecule has 0 aliphatic heterocycles. The summed E-state index contributed by atoms with van der Waals surface area (Å²) in [5, 5.41) is 0.577. The Labute approximate surface area is 111 Å². The van der Waals surface area contributed by atoms with E-state index in [4.69, 9.17) is 16.0 Å². The molecule has 2 nitrogen and oxygen atoms in total. The average molecular weight is 309 g/mol. The summed E-state index contributed by atoms with van der Waals surface area (Å²) in [6.07, 6.45) is 0. The van der Waals surface area contributed by atoms with Crippen LogP contribution < -0.4 is 0 Å². The smallest absolute Gasteiger partial charge is 0.228 e. The van der Waals surface area contributed by atoms with Crippen molar-refractivity contribution in [3.63, 3.8) is 0 Å². The van der Waals surface area contributed by atoms with Crippen LogP contribution in [0.15, 0.2) is 51.4 Å². The molecule has 0 saturated heterocycles. The minimum atomic E-state index is 0.570. The highest BCUT2D eigenvalue weighted by Gasteiger charge is 2.12. The van der Waals surface area contributed by atoms with Gasteiger partial charge in [0.25, 0.3) is 0 Å². The van der Waals surface area contributed by atoms with Crippen molar-refractivity contribution in [2.75, 3.05) is 0 Å². The molecule has 1 heterocycles. The Morgan fingerprint density at radius 1 is 1.06 bits per heavy atom. The monoisotopic (exact) mass is 307 g/mol. The van der Waals surface area contributed by atoms with Crippen LogP contribution in [0.25, 0.3) is 22.6 Å². The highest BCUT2D eigenvalue weighted by Crippen LogP contribution is 2.32. The first-order valence-electron chi connectivity index (χ1n) is 5.05. The Morgan fingerprint density at radius 2 is 1.88 bits per heavy atom. The number of halogens is 2. The predicted octanol–water partition coefficient (Wildman–Crippen LogP) is 4.91. The van der Waals surface area contributed by atoms with Gasteiger partial charge in [-0.2, -0.15) is 0 Å². The summed E-state index contributed by atoms with van der Waals surface area (Å²) in [5.41, 5.74) is 2.31. The Hall–Kier alpha value is -1.32. The number of fused-ring (bicyclic) bond motifs is 1. The molecule has 3 rings (SSSR count). The van der Waals surface area contributed by atoms with Gasteiger partial charge in [-0.05, 0) is 40.2 Å². The maximum absolute atomic E-state index is 6.05. The standard InChI is InChI=1S/C13H7BrClNO/c14-9-5-2-1-4-8(9)13-16-11-7-3-6-10(15)12(11)17-13/h1-7H. The van der Waals surface area contributed by atoms with Gasteiger partial charge in [-0.25, -0.2) is 4.98 Å². The lowest BCUT2D eigenvalue weighted by atomic mass is 10.2. The Kier molecular flexibility index (Phi) is 2.65.